The number of rotatable bonds is 3. The van der Waals surface area contributed by atoms with E-state index in [1.54, 1.807) is 11.9 Å². The fraction of sp³-hybridized carbons (Fsp3) is 0.778. The van der Waals surface area contributed by atoms with Crippen LogP contribution in [0.2, 0.25) is 0 Å². The Morgan fingerprint density at radius 3 is 2.87 bits per heavy atom. The summed E-state index contributed by atoms with van der Waals surface area (Å²) in [6, 6.07) is 0.0870. The number of oxime groups is 1. The molecule has 15 heavy (non-hydrogen) atoms. The van der Waals surface area contributed by atoms with Gasteiger partial charge < -0.3 is 20.6 Å². The molecule has 0 spiro atoms. The van der Waals surface area contributed by atoms with Gasteiger partial charge in [-0.1, -0.05) is 5.16 Å². The van der Waals surface area contributed by atoms with Crippen LogP contribution in [-0.2, 0) is 9.53 Å². The summed E-state index contributed by atoms with van der Waals surface area (Å²) in [6.07, 6.45) is 0.821. The van der Waals surface area contributed by atoms with Crippen LogP contribution < -0.4 is 5.73 Å². The van der Waals surface area contributed by atoms with Gasteiger partial charge in [0.25, 0.3) is 0 Å². The molecule has 1 amide bonds. The van der Waals surface area contributed by atoms with Crippen LogP contribution in [0.5, 0.6) is 0 Å². The lowest BCUT2D eigenvalue weighted by Crippen LogP contribution is -2.42. The molecule has 1 saturated heterocycles. The standard InChI is InChI=1S/C9H17N3O3/c1-6-7(3-4-15-6)12(2)9(13)5-8(10)11-14/h6-7,14H,3-5H2,1-2H3,(H2,10,11). The first-order valence-corrected chi connectivity index (χ1v) is 4.90. The van der Waals surface area contributed by atoms with E-state index in [-0.39, 0.29) is 30.3 Å². The first-order valence-electron chi connectivity index (χ1n) is 4.90. The Balaban J connectivity index is 2.52. The largest absolute Gasteiger partial charge is 0.409 e. The molecule has 1 heterocycles. The first-order chi connectivity index (χ1) is 7.06. The van der Waals surface area contributed by atoms with Crippen molar-refractivity contribution in [2.45, 2.75) is 31.9 Å². The van der Waals surface area contributed by atoms with Crippen LogP contribution in [0.25, 0.3) is 0 Å². The van der Waals surface area contributed by atoms with Gasteiger partial charge in [0.1, 0.15) is 5.84 Å². The van der Waals surface area contributed by atoms with Crippen LogP contribution in [-0.4, -0.2) is 47.7 Å². The molecule has 2 atom stereocenters. The van der Waals surface area contributed by atoms with Crippen LogP contribution in [0.4, 0.5) is 0 Å². The molecule has 6 heteroatoms. The van der Waals surface area contributed by atoms with Crippen LogP contribution in [0.15, 0.2) is 5.16 Å². The molecule has 0 saturated carbocycles. The lowest BCUT2D eigenvalue weighted by molar-refractivity contribution is -0.131. The molecular formula is C9H17N3O3. The number of ether oxygens (including phenoxy) is 1. The minimum Gasteiger partial charge on any atom is -0.409 e. The zero-order chi connectivity index (χ0) is 11.4. The van der Waals surface area contributed by atoms with Crippen molar-refractivity contribution in [1.82, 2.24) is 4.90 Å². The third-order valence-electron chi connectivity index (χ3n) is 2.69. The lowest BCUT2D eigenvalue weighted by Gasteiger charge is -2.26. The monoisotopic (exact) mass is 215 g/mol. The highest BCUT2D eigenvalue weighted by atomic mass is 16.5. The molecule has 2 unspecified atom stereocenters. The summed E-state index contributed by atoms with van der Waals surface area (Å²) in [5, 5.41) is 11.1. The van der Waals surface area contributed by atoms with E-state index >= 15 is 0 Å². The average molecular weight is 215 g/mol. The van der Waals surface area contributed by atoms with Gasteiger partial charge in [0.2, 0.25) is 5.91 Å². The Hall–Kier alpha value is -1.30. The third-order valence-corrected chi connectivity index (χ3v) is 2.69. The molecule has 3 N–H and O–H groups in total. The van der Waals surface area contributed by atoms with Gasteiger partial charge in [0, 0.05) is 13.7 Å². The van der Waals surface area contributed by atoms with Gasteiger partial charge >= 0.3 is 0 Å². The van der Waals surface area contributed by atoms with E-state index in [1.165, 1.54) is 0 Å². The van der Waals surface area contributed by atoms with Crippen LogP contribution in [0, 0.1) is 0 Å². The molecule has 0 bridgehead atoms. The maximum Gasteiger partial charge on any atom is 0.230 e. The maximum absolute atomic E-state index is 11.6. The van der Waals surface area contributed by atoms with Gasteiger partial charge in [-0.2, -0.15) is 0 Å². The number of amidine groups is 1. The molecule has 1 aliphatic heterocycles. The molecule has 86 valence electrons. The predicted octanol–water partition coefficient (Wildman–Crippen LogP) is -0.241. The van der Waals surface area contributed by atoms with E-state index in [1.807, 2.05) is 6.92 Å². The van der Waals surface area contributed by atoms with E-state index in [9.17, 15) is 4.79 Å². The van der Waals surface area contributed by atoms with E-state index in [4.69, 9.17) is 15.7 Å². The van der Waals surface area contributed by atoms with Gasteiger partial charge in [0.15, 0.2) is 0 Å². The highest BCUT2D eigenvalue weighted by Crippen LogP contribution is 2.18. The van der Waals surface area contributed by atoms with Gasteiger partial charge in [-0.25, -0.2) is 0 Å². The summed E-state index contributed by atoms with van der Waals surface area (Å²) >= 11 is 0. The smallest absolute Gasteiger partial charge is 0.230 e. The van der Waals surface area contributed by atoms with Crippen molar-refractivity contribution >= 4 is 11.7 Å². The summed E-state index contributed by atoms with van der Waals surface area (Å²) in [4.78, 5) is 13.3. The second-order valence-electron chi connectivity index (χ2n) is 3.70. The molecule has 1 rings (SSSR count). The van der Waals surface area contributed by atoms with E-state index in [0.29, 0.717) is 6.61 Å². The molecule has 0 aromatic heterocycles. The fourth-order valence-electron chi connectivity index (χ4n) is 1.73. The SMILES string of the molecule is CC1OCCC1N(C)C(=O)CC(N)=NO. The number of hydrogen-bond donors (Lipinski definition) is 2. The van der Waals surface area contributed by atoms with Crippen molar-refractivity contribution in [2.24, 2.45) is 10.9 Å². The second kappa shape index (κ2) is 4.97. The van der Waals surface area contributed by atoms with E-state index in [0.717, 1.165) is 6.42 Å². The fourth-order valence-corrected chi connectivity index (χ4v) is 1.73. The molecule has 6 nitrogen and oxygen atoms in total. The van der Waals surface area contributed by atoms with Gasteiger partial charge in [-0.05, 0) is 13.3 Å². The lowest BCUT2D eigenvalue weighted by atomic mass is 10.1. The number of nitrogens with zero attached hydrogens (tertiary/aromatic N) is 2. The highest BCUT2D eigenvalue weighted by Gasteiger charge is 2.30. The van der Waals surface area contributed by atoms with Crippen molar-refractivity contribution in [2.75, 3.05) is 13.7 Å². The van der Waals surface area contributed by atoms with Gasteiger partial charge in [-0.3, -0.25) is 4.79 Å². The summed E-state index contributed by atoms with van der Waals surface area (Å²) in [5.41, 5.74) is 5.27. The zero-order valence-electron chi connectivity index (χ0n) is 9.01. The van der Waals surface area contributed by atoms with Gasteiger partial charge in [-0.15, -0.1) is 0 Å². The number of hydrogen-bond acceptors (Lipinski definition) is 4. The summed E-state index contributed by atoms with van der Waals surface area (Å²) in [6.45, 7) is 2.61. The Morgan fingerprint density at radius 1 is 1.73 bits per heavy atom. The number of carbonyl (C=O) groups excluding carboxylic acids is 1. The van der Waals surface area contributed by atoms with Crippen molar-refractivity contribution in [3.8, 4) is 0 Å². The second-order valence-corrected chi connectivity index (χ2v) is 3.70. The number of nitrogens with two attached hydrogens (primary N) is 1. The van der Waals surface area contributed by atoms with Crippen molar-refractivity contribution in [3.05, 3.63) is 0 Å². The first kappa shape index (κ1) is 11.8. The van der Waals surface area contributed by atoms with Crippen LogP contribution in [0.1, 0.15) is 19.8 Å². The van der Waals surface area contributed by atoms with Crippen molar-refractivity contribution < 1.29 is 14.7 Å². The van der Waals surface area contributed by atoms with Crippen molar-refractivity contribution in [3.63, 3.8) is 0 Å². The summed E-state index contributed by atoms with van der Waals surface area (Å²) in [7, 11) is 1.71. The maximum atomic E-state index is 11.6. The normalized spacial score (nSPS) is 26.7. The quantitative estimate of drug-likeness (QED) is 0.294. The topological polar surface area (TPSA) is 88.2 Å². The minimum atomic E-state index is -0.160. The molecule has 0 aromatic rings. The molecule has 0 aliphatic carbocycles. The third kappa shape index (κ3) is 2.82. The molecule has 1 aliphatic rings. The van der Waals surface area contributed by atoms with Gasteiger partial charge in [0.05, 0.1) is 18.6 Å². The Bertz CT molecular complexity index is 267. The minimum absolute atomic E-state index is 0.0474. The summed E-state index contributed by atoms with van der Waals surface area (Å²) in [5.74, 6) is -0.230. The Labute approximate surface area is 88.7 Å². The van der Waals surface area contributed by atoms with Crippen LogP contribution in [0.3, 0.4) is 0 Å². The van der Waals surface area contributed by atoms with E-state index < -0.39 is 0 Å². The molecule has 1 fully saturated rings. The van der Waals surface area contributed by atoms with E-state index in [2.05, 4.69) is 5.16 Å². The number of likely N-dealkylation sites (N-methyl/N-ethyl adjacent to an activating group) is 1. The number of carbonyl (C=O) groups is 1. The molecule has 0 aromatic carbocycles. The van der Waals surface area contributed by atoms with Crippen LogP contribution >= 0.6 is 0 Å². The number of amides is 1. The predicted molar refractivity (Wildman–Crippen MR) is 54.6 cm³/mol. The Morgan fingerprint density at radius 2 is 2.40 bits per heavy atom. The average Bonchev–Trinajstić information content (AvgIpc) is 2.63. The summed E-state index contributed by atoms with van der Waals surface area (Å²) < 4.78 is 5.36. The zero-order valence-corrected chi connectivity index (χ0v) is 9.01. The van der Waals surface area contributed by atoms with Crippen molar-refractivity contribution in [1.29, 1.82) is 0 Å². The Kier molecular flexibility index (Phi) is 3.90. The molecular weight excluding hydrogens is 198 g/mol. The molecule has 0 radical (unpaired) electrons. The highest BCUT2D eigenvalue weighted by molar-refractivity contribution is 5.98.